The fraction of sp³-hybridized carbons (Fsp3) is 1.00. The van der Waals surface area contributed by atoms with Crippen molar-refractivity contribution in [3.05, 3.63) is 4.64 Å². The second-order valence-corrected chi connectivity index (χ2v) is 8.64. The Kier molecular flexibility index (Phi) is 9.73. The maximum atomic E-state index is 7.86. The molecule has 1 atom stereocenters. The summed E-state index contributed by atoms with van der Waals surface area (Å²) in [6.45, 7) is 2.01. The zero-order chi connectivity index (χ0) is 4.28. The van der Waals surface area contributed by atoms with Crippen molar-refractivity contribution in [1.29, 1.82) is 5.39 Å². The number of diazo groups is 1. The minimum absolute atomic E-state index is 0. The van der Waals surface area contributed by atoms with E-state index in [2.05, 4.69) is 4.64 Å². The third-order valence-electron chi connectivity index (χ3n) is 0.231. The van der Waals surface area contributed by atoms with Gasteiger partial charge in [-0.15, -0.1) is 0 Å². The normalized spacial score (nSPS) is 11.3. The molecule has 0 bridgehead atoms. The zero-order valence-corrected chi connectivity index (χ0v) is 6.63. The Hall–Kier alpha value is 0.854. The Morgan fingerprint density at radius 2 is 2.00 bits per heavy atom. The van der Waals surface area contributed by atoms with Gasteiger partial charge in [-0.2, -0.15) is 0 Å². The summed E-state index contributed by atoms with van der Waals surface area (Å²) in [4.78, 5) is 0. The molecule has 0 spiro atoms. The molecule has 0 amide bonds. The predicted octanol–water partition coefficient (Wildman–Crippen LogP) is -1.59. The molecular formula is CH8N2NaSi2+. The Morgan fingerprint density at radius 1 is 1.83 bits per heavy atom. The van der Waals surface area contributed by atoms with E-state index in [0.29, 0.717) is 0 Å². The van der Waals surface area contributed by atoms with E-state index in [9.17, 15) is 0 Å². The molecule has 0 N–H and O–H groups in total. The molecule has 0 aromatic rings. The summed E-state index contributed by atoms with van der Waals surface area (Å²) in [6, 6.07) is 0. The van der Waals surface area contributed by atoms with Gasteiger partial charge in [-0.1, -0.05) is 0 Å². The Balaban J connectivity index is 0. The van der Waals surface area contributed by atoms with E-state index in [1.165, 1.54) is 0 Å². The molecule has 6 heavy (non-hydrogen) atoms. The molecule has 0 heterocycles. The summed E-state index contributed by atoms with van der Waals surface area (Å²) >= 11 is 0. The van der Waals surface area contributed by atoms with Gasteiger partial charge in [-0.25, -0.2) is 0 Å². The average molecular weight is 127 g/mol. The van der Waals surface area contributed by atoms with Gasteiger partial charge in [0, 0.05) is 6.55 Å². The predicted molar refractivity (Wildman–Crippen MR) is 35.2 cm³/mol. The number of hydrogen-bond acceptors (Lipinski definition) is 1. The average Bonchev–Trinajstić information content (AvgIpc) is 1.38. The van der Waals surface area contributed by atoms with Gasteiger partial charge in [-0.05, 0) is 4.64 Å². The van der Waals surface area contributed by atoms with Crippen LogP contribution in [0, 0.1) is 5.39 Å². The van der Waals surface area contributed by atoms with Crippen LogP contribution >= 0.6 is 0 Å². The van der Waals surface area contributed by atoms with Crippen LogP contribution in [0.1, 0.15) is 0 Å². The Labute approximate surface area is 64.1 Å². The van der Waals surface area contributed by atoms with Crippen LogP contribution in [0.15, 0.2) is 0 Å². The van der Waals surface area contributed by atoms with Crippen LogP contribution in [0.2, 0.25) is 6.55 Å². The van der Waals surface area contributed by atoms with Gasteiger partial charge in [0.2, 0.25) is 0 Å². The first kappa shape index (κ1) is 9.97. The summed E-state index contributed by atoms with van der Waals surface area (Å²) in [7, 11) is 0.262. The number of nitrogens with zero attached hydrogens (tertiary/aromatic N) is 2. The van der Waals surface area contributed by atoms with Crippen LogP contribution in [0.3, 0.4) is 0 Å². The molecule has 0 radical (unpaired) electrons. The van der Waals surface area contributed by atoms with Crippen LogP contribution in [0.5, 0.6) is 0 Å². The van der Waals surface area contributed by atoms with Crippen LogP contribution < -0.4 is 0 Å². The fourth-order valence-electron chi connectivity index (χ4n) is 0. The molecule has 0 rings (SSSR count). The summed E-state index contributed by atoms with van der Waals surface area (Å²) in [5.74, 6) is 0. The molecule has 0 saturated carbocycles. The molecule has 0 fully saturated rings. The van der Waals surface area contributed by atoms with Crippen molar-refractivity contribution < 1.29 is 0 Å². The number of hydrogen-bond donors (Lipinski definition) is 0. The van der Waals surface area contributed by atoms with Gasteiger partial charge in [0.15, 0.2) is 5.39 Å². The molecule has 0 aliphatic heterocycles. The van der Waals surface area contributed by atoms with Crippen LogP contribution in [-0.2, 0) is 0 Å². The van der Waals surface area contributed by atoms with Crippen molar-refractivity contribution in [2.75, 3.05) is 0 Å². The molecule has 5 heteroatoms. The summed E-state index contributed by atoms with van der Waals surface area (Å²) in [5.41, 5.74) is 0. The molecule has 0 aliphatic carbocycles. The van der Waals surface area contributed by atoms with Crippen LogP contribution in [0.4, 0.5) is 0 Å². The van der Waals surface area contributed by atoms with Crippen molar-refractivity contribution in [2.24, 2.45) is 0 Å². The standard InChI is InChI=1S/CH7N2Si2.Na.H/c1-5(4)3-2;;/h5H,1,4H3;;/q+1;;. The monoisotopic (exact) mass is 127 g/mol. The van der Waals surface area contributed by atoms with Gasteiger partial charge >= 0.3 is 38.0 Å². The van der Waals surface area contributed by atoms with Crippen molar-refractivity contribution in [2.45, 2.75) is 6.55 Å². The zero-order valence-electron chi connectivity index (χ0n) is 3.47. The van der Waals surface area contributed by atoms with Crippen molar-refractivity contribution in [1.82, 2.24) is 0 Å². The van der Waals surface area contributed by atoms with E-state index in [1.54, 1.807) is 0 Å². The third-order valence-corrected chi connectivity index (χ3v) is 1.39. The van der Waals surface area contributed by atoms with Crippen LogP contribution in [0.25, 0.3) is 4.64 Å². The van der Waals surface area contributed by atoms with E-state index in [0.717, 1.165) is 9.76 Å². The van der Waals surface area contributed by atoms with Crippen molar-refractivity contribution in [3.63, 3.8) is 0 Å². The molecular weight excluding hydrogens is 119 g/mol. The third kappa shape index (κ3) is 8.85. The van der Waals surface area contributed by atoms with Crippen molar-refractivity contribution in [3.8, 4) is 0 Å². The van der Waals surface area contributed by atoms with Gasteiger partial charge in [-0.3, -0.25) is 0 Å². The first-order chi connectivity index (χ1) is 2.27. The van der Waals surface area contributed by atoms with E-state index in [-0.39, 0.29) is 29.6 Å². The molecule has 1 unspecified atom stereocenters. The Morgan fingerprint density at radius 3 is 2.00 bits per heavy atom. The molecule has 2 nitrogen and oxygen atoms in total. The quantitative estimate of drug-likeness (QED) is 0.285. The van der Waals surface area contributed by atoms with Gasteiger partial charge < -0.3 is 0 Å². The van der Waals surface area contributed by atoms with E-state index < -0.39 is 8.48 Å². The second-order valence-electron chi connectivity index (χ2n) is 1.21. The van der Waals surface area contributed by atoms with Gasteiger partial charge in [0.05, 0.1) is 0 Å². The molecule has 0 aromatic heterocycles. The SMILES string of the molecule is C[SiH]([SiH3])[N+]#N.[NaH]. The topological polar surface area (TPSA) is 28.1 Å². The molecule has 0 saturated heterocycles. The summed E-state index contributed by atoms with van der Waals surface area (Å²) in [6.07, 6.45) is 0. The first-order valence-electron chi connectivity index (χ1n) is 1.61. The summed E-state index contributed by atoms with van der Waals surface area (Å²) < 4.78 is 3.09. The summed E-state index contributed by atoms with van der Waals surface area (Å²) in [5, 5.41) is 7.86. The van der Waals surface area contributed by atoms with Gasteiger partial charge in [0.25, 0.3) is 0 Å². The Bertz CT molecular complexity index is 57.1. The molecule has 0 aromatic carbocycles. The maximum absolute atomic E-state index is 7.86. The fourth-order valence-corrected chi connectivity index (χ4v) is 0. The number of rotatable bonds is 0. The molecule has 0 aliphatic rings. The van der Waals surface area contributed by atoms with E-state index in [4.69, 9.17) is 5.39 Å². The second kappa shape index (κ2) is 5.85. The van der Waals surface area contributed by atoms with Crippen molar-refractivity contribution >= 4 is 47.8 Å². The van der Waals surface area contributed by atoms with E-state index in [1.807, 2.05) is 6.55 Å². The first-order valence-corrected chi connectivity index (χ1v) is 7.90. The molecule has 30 valence electrons. The van der Waals surface area contributed by atoms with Crippen LogP contribution in [-0.4, -0.2) is 47.8 Å². The van der Waals surface area contributed by atoms with E-state index >= 15 is 0 Å². The minimum atomic E-state index is -0.830. The van der Waals surface area contributed by atoms with Gasteiger partial charge in [0.1, 0.15) is 9.76 Å².